The highest BCUT2D eigenvalue weighted by molar-refractivity contribution is 5.70. The molecule has 3 aliphatic heterocycles. The van der Waals surface area contributed by atoms with Gasteiger partial charge in [0, 0.05) is 36.8 Å². The largest absolute Gasteiger partial charge is 0.476 e. The van der Waals surface area contributed by atoms with Crippen molar-refractivity contribution in [2.45, 2.75) is 51.7 Å². The van der Waals surface area contributed by atoms with E-state index in [1.807, 2.05) is 13.8 Å². The average Bonchev–Trinajstić information content (AvgIpc) is 2.90. The van der Waals surface area contributed by atoms with Gasteiger partial charge in [-0.1, -0.05) is 18.2 Å². The van der Waals surface area contributed by atoms with Gasteiger partial charge in [0.25, 0.3) is 0 Å². The Kier molecular flexibility index (Phi) is 7.11. The summed E-state index contributed by atoms with van der Waals surface area (Å²) < 4.78 is 24.5. The third-order valence-electron chi connectivity index (χ3n) is 7.30. The fraction of sp³-hybridized carbons (Fsp3) is 0.556. The number of aromatic nitrogens is 1. The quantitative estimate of drug-likeness (QED) is 0.649. The average molecular weight is 483 g/mol. The van der Waals surface area contributed by atoms with Crippen LogP contribution in [0.1, 0.15) is 42.4 Å². The lowest BCUT2D eigenvalue weighted by Crippen LogP contribution is -2.38. The van der Waals surface area contributed by atoms with Crippen molar-refractivity contribution in [2.75, 3.05) is 46.1 Å². The Labute approximate surface area is 205 Å². The molecule has 0 N–H and O–H groups in total. The minimum atomic E-state index is -0.213. The second kappa shape index (κ2) is 10.4. The molecule has 0 radical (unpaired) electrons. The molecule has 188 valence electrons. The number of amides is 1. The molecular formula is C27H34N2O6. The number of fused-ring (bicyclic) bond motifs is 3. The lowest BCUT2D eigenvalue weighted by atomic mass is 9.85. The number of benzene rings is 1. The summed E-state index contributed by atoms with van der Waals surface area (Å²) in [6.45, 7) is 8.37. The molecule has 2 aromatic rings. The minimum absolute atomic E-state index is 0.0182. The first-order valence-corrected chi connectivity index (χ1v) is 12.7. The molecule has 3 aliphatic rings. The zero-order valence-electron chi connectivity index (χ0n) is 20.6. The molecule has 5 rings (SSSR count). The molecule has 0 saturated carbocycles. The second-order valence-electron chi connectivity index (χ2n) is 9.48. The molecule has 8 nitrogen and oxygen atoms in total. The van der Waals surface area contributed by atoms with Gasteiger partial charge in [0.05, 0.1) is 32.1 Å². The molecule has 35 heavy (non-hydrogen) atoms. The molecule has 0 spiro atoms. The molecule has 0 aliphatic carbocycles. The van der Waals surface area contributed by atoms with Crippen LogP contribution in [0.5, 0.6) is 5.88 Å². The van der Waals surface area contributed by atoms with E-state index in [0.29, 0.717) is 57.9 Å². The molecule has 4 heterocycles. The number of hydrogen-bond donors (Lipinski definition) is 0. The van der Waals surface area contributed by atoms with E-state index in [9.17, 15) is 9.59 Å². The van der Waals surface area contributed by atoms with Crippen LogP contribution in [0.15, 0.2) is 29.1 Å². The van der Waals surface area contributed by atoms with E-state index in [1.165, 1.54) is 11.1 Å². The number of carbonyl (C=O) groups excluding carboxylic acids is 1. The van der Waals surface area contributed by atoms with Crippen molar-refractivity contribution in [1.82, 2.24) is 9.47 Å². The molecule has 2 fully saturated rings. The molecular weight excluding hydrogens is 448 g/mol. The van der Waals surface area contributed by atoms with Crippen LogP contribution in [0.3, 0.4) is 0 Å². The van der Waals surface area contributed by atoms with E-state index < -0.39 is 0 Å². The Hall–Kier alpha value is -2.84. The Balaban J connectivity index is 1.35. The summed E-state index contributed by atoms with van der Waals surface area (Å²) in [7, 11) is 0. The van der Waals surface area contributed by atoms with Gasteiger partial charge >= 0.3 is 6.09 Å². The number of ether oxygens (including phenoxy) is 4. The summed E-state index contributed by atoms with van der Waals surface area (Å²) in [5.41, 5.74) is 5.34. The summed E-state index contributed by atoms with van der Waals surface area (Å²) in [6, 6.07) is 8.24. The number of aryl methyl sites for hydroxylation is 1. The maximum absolute atomic E-state index is 12.8. The monoisotopic (exact) mass is 482 g/mol. The topological polar surface area (TPSA) is 79.2 Å². The van der Waals surface area contributed by atoms with Gasteiger partial charge in [0.15, 0.2) is 11.3 Å². The molecule has 8 heteroatoms. The summed E-state index contributed by atoms with van der Waals surface area (Å²) >= 11 is 0. The highest BCUT2D eigenvalue weighted by Crippen LogP contribution is 2.37. The van der Waals surface area contributed by atoms with Gasteiger partial charge in [-0.15, -0.1) is 0 Å². The van der Waals surface area contributed by atoms with Crippen LogP contribution in [-0.2, 0) is 27.2 Å². The summed E-state index contributed by atoms with van der Waals surface area (Å²) in [5.74, 6) is 1.01. The van der Waals surface area contributed by atoms with Gasteiger partial charge in [-0.05, 0) is 50.2 Å². The van der Waals surface area contributed by atoms with Crippen LogP contribution in [0, 0.1) is 6.92 Å². The highest BCUT2D eigenvalue weighted by Gasteiger charge is 2.27. The van der Waals surface area contributed by atoms with E-state index in [0.717, 1.165) is 42.6 Å². The number of carbonyl (C=O) groups is 1. The first kappa shape index (κ1) is 23.9. The van der Waals surface area contributed by atoms with E-state index >= 15 is 0 Å². The molecule has 1 amide bonds. The van der Waals surface area contributed by atoms with Crippen molar-refractivity contribution < 1.29 is 23.7 Å². The highest BCUT2D eigenvalue weighted by atomic mass is 16.6. The van der Waals surface area contributed by atoms with Crippen LogP contribution in [0.2, 0.25) is 0 Å². The Morgan fingerprint density at radius 1 is 1.14 bits per heavy atom. The van der Waals surface area contributed by atoms with Crippen molar-refractivity contribution in [3.8, 4) is 17.1 Å². The molecule has 1 aromatic carbocycles. The third-order valence-corrected chi connectivity index (χ3v) is 7.30. The van der Waals surface area contributed by atoms with Crippen LogP contribution in [0.4, 0.5) is 4.79 Å². The smallest absolute Gasteiger partial charge is 0.409 e. The van der Waals surface area contributed by atoms with Crippen LogP contribution in [0.25, 0.3) is 11.3 Å². The number of hydrogen-bond acceptors (Lipinski definition) is 6. The van der Waals surface area contributed by atoms with E-state index in [1.54, 1.807) is 11.0 Å². The van der Waals surface area contributed by atoms with E-state index in [-0.39, 0.29) is 17.6 Å². The lowest BCUT2D eigenvalue weighted by molar-refractivity contribution is -0.102. The van der Waals surface area contributed by atoms with Gasteiger partial charge in [0.2, 0.25) is 0 Å². The Bertz CT molecular complexity index is 1130. The minimum Gasteiger partial charge on any atom is -0.476 e. The zero-order valence-corrected chi connectivity index (χ0v) is 20.6. The number of likely N-dealkylation sites (tertiary alicyclic amines) is 1. The fourth-order valence-corrected chi connectivity index (χ4v) is 5.38. The first-order chi connectivity index (χ1) is 17.0. The summed E-state index contributed by atoms with van der Waals surface area (Å²) in [5, 5.41) is 0. The predicted octanol–water partition coefficient (Wildman–Crippen LogP) is 3.51. The maximum Gasteiger partial charge on any atom is 0.409 e. The number of piperidine rings is 1. The normalized spacial score (nSPS) is 20.2. The van der Waals surface area contributed by atoms with Gasteiger partial charge in [0.1, 0.15) is 12.7 Å². The van der Waals surface area contributed by atoms with Crippen molar-refractivity contribution in [3.05, 3.63) is 51.2 Å². The van der Waals surface area contributed by atoms with Gasteiger partial charge < -0.3 is 28.4 Å². The zero-order chi connectivity index (χ0) is 24.4. The SMILES string of the molecule is CCOC(=O)N1CCC(c2ccc3c(c2)CCn2c(OC[C@@H]4COCCO4)cc(=O)c(C)c2-3)CC1. The molecule has 2 saturated heterocycles. The van der Waals surface area contributed by atoms with Crippen molar-refractivity contribution in [1.29, 1.82) is 0 Å². The molecule has 1 atom stereocenters. The predicted molar refractivity (Wildman–Crippen MR) is 131 cm³/mol. The van der Waals surface area contributed by atoms with Gasteiger partial charge in [-0.3, -0.25) is 4.79 Å². The van der Waals surface area contributed by atoms with Crippen LogP contribution in [-0.4, -0.2) is 67.8 Å². The number of pyridine rings is 1. The van der Waals surface area contributed by atoms with Crippen molar-refractivity contribution in [2.24, 2.45) is 0 Å². The van der Waals surface area contributed by atoms with Crippen LogP contribution < -0.4 is 10.2 Å². The van der Waals surface area contributed by atoms with Crippen molar-refractivity contribution in [3.63, 3.8) is 0 Å². The third kappa shape index (κ3) is 4.95. The Morgan fingerprint density at radius 3 is 2.71 bits per heavy atom. The van der Waals surface area contributed by atoms with E-state index in [2.05, 4.69) is 22.8 Å². The second-order valence-corrected chi connectivity index (χ2v) is 9.48. The lowest BCUT2D eigenvalue weighted by Gasteiger charge is -2.32. The van der Waals surface area contributed by atoms with Gasteiger partial charge in [-0.2, -0.15) is 0 Å². The van der Waals surface area contributed by atoms with Gasteiger partial charge in [-0.25, -0.2) is 4.79 Å². The van der Waals surface area contributed by atoms with E-state index in [4.69, 9.17) is 18.9 Å². The number of rotatable bonds is 5. The summed E-state index contributed by atoms with van der Waals surface area (Å²) in [4.78, 5) is 26.7. The molecule has 0 bridgehead atoms. The fourth-order valence-electron chi connectivity index (χ4n) is 5.38. The van der Waals surface area contributed by atoms with Crippen molar-refractivity contribution >= 4 is 6.09 Å². The molecule has 0 unspecified atom stereocenters. The molecule has 1 aromatic heterocycles. The first-order valence-electron chi connectivity index (χ1n) is 12.7. The Morgan fingerprint density at radius 2 is 1.97 bits per heavy atom. The summed E-state index contributed by atoms with van der Waals surface area (Å²) in [6.07, 6.45) is 2.40. The standard InChI is InChI=1S/C27H34N2O6/c1-3-33-27(31)28-9-6-19(7-10-28)20-4-5-23-21(14-20)8-11-29-25(15-24(30)18(2)26(23)29)35-17-22-16-32-12-13-34-22/h4-5,14-15,19,22H,3,6-13,16-17H2,1-2H3/t22-/m0/s1. The number of nitrogens with zero attached hydrogens (tertiary/aromatic N) is 2. The van der Waals surface area contributed by atoms with Crippen LogP contribution >= 0.6 is 0 Å². The maximum atomic E-state index is 12.8.